The number of fused-ring (bicyclic) bond motifs is 1. The van der Waals surface area contributed by atoms with Crippen LogP contribution in [-0.4, -0.2) is 16.1 Å². The maximum absolute atomic E-state index is 4.62. The summed E-state index contributed by atoms with van der Waals surface area (Å²) in [5, 5.41) is 3.67. The Morgan fingerprint density at radius 3 is 2.80 bits per heavy atom. The molecule has 0 fully saturated rings. The van der Waals surface area contributed by atoms with Gasteiger partial charge in [0.05, 0.1) is 23.8 Å². The zero-order valence-corrected chi connectivity index (χ0v) is 12.8. The van der Waals surface area contributed by atoms with Crippen molar-refractivity contribution in [1.29, 1.82) is 0 Å². The predicted molar refractivity (Wildman–Crippen MR) is 82.1 cm³/mol. The average Bonchev–Trinajstić information content (AvgIpc) is 2.83. The molecular weight excluding hydrogens is 246 g/mol. The minimum absolute atomic E-state index is 0.268. The van der Waals surface area contributed by atoms with Crippen LogP contribution in [0.3, 0.4) is 0 Å². The first-order valence-electron chi connectivity index (χ1n) is 7.44. The molecule has 1 atom stereocenters. The number of nitrogens with zero attached hydrogens (tertiary/aromatic N) is 2. The predicted octanol–water partition coefficient (Wildman–Crippen LogP) is 3.32. The molecule has 1 unspecified atom stereocenters. The van der Waals surface area contributed by atoms with Crippen molar-refractivity contribution in [1.82, 2.24) is 14.9 Å². The third kappa shape index (κ3) is 2.16. The van der Waals surface area contributed by atoms with Gasteiger partial charge in [-0.2, -0.15) is 0 Å². The molecule has 0 saturated heterocycles. The molecule has 20 heavy (non-hydrogen) atoms. The second-order valence-electron chi connectivity index (χ2n) is 6.07. The Morgan fingerprint density at radius 2 is 2.10 bits per heavy atom. The molecule has 0 bridgehead atoms. The van der Waals surface area contributed by atoms with Crippen molar-refractivity contribution in [3.8, 4) is 0 Å². The van der Waals surface area contributed by atoms with Gasteiger partial charge in [0.15, 0.2) is 0 Å². The van der Waals surface area contributed by atoms with E-state index in [1.807, 2.05) is 6.33 Å². The summed E-state index contributed by atoms with van der Waals surface area (Å²) < 4.78 is 2.31. The molecule has 2 heterocycles. The minimum atomic E-state index is 0.268. The average molecular weight is 269 g/mol. The first-order valence-corrected chi connectivity index (χ1v) is 7.44. The molecule has 3 heteroatoms. The molecule has 1 aliphatic rings. The number of hydrogen-bond donors (Lipinski definition) is 1. The minimum Gasteiger partial charge on any atom is -0.330 e. The van der Waals surface area contributed by atoms with E-state index in [1.54, 1.807) is 0 Å². The van der Waals surface area contributed by atoms with E-state index < -0.39 is 0 Å². The maximum atomic E-state index is 4.62. The Labute approximate surface area is 121 Å². The van der Waals surface area contributed by atoms with E-state index in [-0.39, 0.29) is 6.04 Å². The second-order valence-corrected chi connectivity index (χ2v) is 6.07. The molecule has 1 N–H and O–H groups in total. The van der Waals surface area contributed by atoms with E-state index in [0.29, 0.717) is 6.04 Å². The summed E-state index contributed by atoms with van der Waals surface area (Å²) >= 11 is 0. The number of benzene rings is 1. The van der Waals surface area contributed by atoms with Gasteiger partial charge in [0, 0.05) is 19.0 Å². The fourth-order valence-electron chi connectivity index (χ4n) is 3.17. The van der Waals surface area contributed by atoms with Crippen molar-refractivity contribution in [2.24, 2.45) is 0 Å². The summed E-state index contributed by atoms with van der Waals surface area (Å²) in [6.45, 7) is 9.79. The monoisotopic (exact) mass is 269 g/mol. The van der Waals surface area contributed by atoms with Crippen LogP contribution >= 0.6 is 0 Å². The van der Waals surface area contributed by atoms with Crippen LogP contribution < -0.4 is 5.32 Å². The quantitative estimate of drug-likeness (QED) is 0.906. The van der Waals surface area contributed by atoms with Crippen LogP contribution in [0.2, 0.25) is 0 Å². The van der Waals surface area contributed by atoms with Gasteiger partial charge in [0.25, 0.3) is 0 Å². The van der Waals surface area contributed by atoms with Gasteiger partial charge < -0.3 is 9.88 Å². The highest BCUT2D eigenvalue weighted by Crippen LogP contribution is 2.32. The van der Waals surface area contributed by atoms with Crippen molar-refractivity contribution in [2.75, 3.05) is 6.54 Å². The summed E-state index contributed by atoms with van der Waals surface area (Å²) in [6, 6.07) is 7.44. The van der Waals surface area contributed by atoms with Crippen LogP contribution in [0.15, 0.2) is 24.5 Å². The Kier molecular flexibility index (Phi) is 3.38. The Bertz CT molecular complexity index is 625. The lowest BCUT2D eigenvalue weighted by molar-refractivity contribution is 0.490. The fourth-order valence-corrected chi connectivity index (χ4v) is 3.17. The first kappa shape index (κ1) is 13.4. The van der Waals surface area contributed by atoms with Crippen LogP contribution in [0.25, 0.3) is 0 Å². The highest BCUT2D eigenvalue weighted by molar-refractivity contribution is 5.39. The van der Waals surface area contributed by atoms with Gasteiger partial charge in [-0.3, -0.25) is 0 Å². The van der Waals surface area contributed by atoms with Gasteiger partial charge in [-0.15, -0.1) is 0 Å². The van der Waals surface area contributed by atoms with Crippen molar-refractivity contribution >= 4 is 0 Å². The normalized spacial score (nSPS) is 18.4. The summed E-state index contributed by atoms with van der Waals surface area (Å²) in [4.78, 5) is 4.62. The standard InChI is InChI=1S/C17H23N3/c1-11(2)20-10-19-15-7-8-18-16(17(15)20)14-6-5-12(3)9-13(14)4/h5-6,9-11,16,18H,7-8H2,1-4H3. The van der Waals surface area contributed by atoms with Crippen molar-refractivity contribution < 1.29 is 0 Å². The highest BCUT2D eigenvalue weighted by atomic mass is 15.1. The molecule has 0 amide bonds. The molecule has 1 aliphatic heterocycles. The molecule has 0 spiro atoms. The van der Waals surface area contributed by atoms with E-state index in [0.717, 1.165) is 13.0 Å². The van der Waals surface area contributed by atoms with Crippen LogP contribution in [0.5, 0.6) is 0 Å². The largest absolute Gasteiger partial charge is 0.330 e. The molecule has 1 aromatic carbocycles. The maximum Gasteiger partial charge on any atom is 0.0954 e. The number of nitrogens with one attached hydrogen (secondary N) is 1. The van der Waals surface area contributed by atoms with Gasteiger partial charge in [-0.05, 0) is 38.8 Å². The Hall–Kier alpha value is -1.61. The topological polar surface area (TPSA) is 29.9 Å². The zero-order valence-electron chi connectivity index (χ0n) is 12.8. The van der Waals surface area contributed by atoms with Crippen molar-refractivity contribution in [3.05, 3.63) is 52.6 Å². The van der Waals surface area contributed by atoms with Crippen LogP contribution in [0.4, 0.5) is 0 Å². The molecule has 3 nitrogen and oxygen atoms in total. The summed E-state index contributed by atoms with van der Waals surface area (Å²) in [5.74, 6) is 0. The second kappa shape index (κ2) is 5.06. The molecule has 106 valence electrons. The SMILES string of the molecule is Cc1ccc(C2NCCc3ncn(C(C)C)c32)c(C)c1. The lowest BCUT2D eigenvalue weighted by Gasteiger charge is -2.28. The lowest BCUT2D eigenvalue weighted by Crippen LogP contribution is -2.33. The number of aryl methyl sites for hydroxylation is 2. The van der Waals surface area contributed by atoms with Gasteiger partial charge in [0.1, 0.15) is 0 Å². The summed E-state index contributed by atoms with van der Waals surface area (Å²) in [7, 11) is 0. The Balaban J connectivity index is 2.11. The van der Waals surface area contributed by atoms with E-state index in [9.17, 15) is 0 Å². The smallest absolute Gasteiger partial charge is 0.0954 e. The van der Waals surface area contributed by atoms with Gasteiger partial charge >= 0.3 is 0 Å². The lowest BCUT2D eigenvalue weighted by atomic mass is 9.93. The highest BCUT2D eigenvalue weighted by Gasteiger charge is 2.27. The number of aromatic nitrogens is 2. The molecule has 0 aliphatic carbocycles. The van der Waals surface area contributed by atoms with E-state index >= 15 is 0 Å². The van der Waals surface area contributed by atoms with Gasteiger partial charge in [-0.25, -0.2) is 4.98 Å². The molecule has 2 aromatic rings. The molecule has 3 rings (SSSR count). The number of rotatable bonds is 2. The summed E-state index contributed by atoms with van der Waals surface area (Å²) in [6.07, 6.45) is 3.02. The van der Waals surface area contributed by atoms with Crippen LogP contribution in [0, 0.1) is 13.8 Å². The third-order valence-electron chi connectivity index (χ3n) is 4.19. The molecule has 1 aromatic heterocycles. The van der Waals surface area contributed by atoms with E-state index in [2.05, 4.69) is 60.8 Å². The molecular formula is C17H23N3. The van der Waals surface area contributed by atoms with E-state index in [4.69, 9.17) is 0 Å². The summed E-state index contributed by atoms with van der Waals surface area (Å²) in [5.41, 5.74) is 6.64. The van der Waals surface area contributed by atoms with Crippen LogP contribution in [0.1, 0.15) is 54.0 Å². The molecule has 0 saturated carbocycles. The number of hydrogen-bond acceptors (Lipinski definition) is 2. The van der Waals surface area contributed by atoms with Gasteiger partial charge in [-0.1, -0.05) is 23.8 Å². The van der Waals surface area contributed by atoms with Gasteiger partial charge in [0.2, 0.25) is 0 Å². The van der Waals surface area contributed by atoms with E-state index in [1.165, 1.54) is 28.1 Å². The van der Waals surface area contributed by atoms with Crippen molar-refractivity contribution in [3.63, 3.8) is 0 Å². The fraction of sp³-hybridized carbons (Fsp3) is 0.471. The van der Waals surface area contributed by atoms with Crippen LogP contribution in [-0.2, 0) is 6.42 Å². The first-order chi connectivity index (χ1) is 9.58. The van der Waals surface area contributed by atoms with Crippen molar-refractivity contribution in [2.45, 2.75) is 46.2 Å². The molecule has 0 radical (unpaired) electrons. The third-order valence-corrected chi connectivity index (χ3v) is 4.19. The zero-order chi connectivity index (χ0) is 14.3. The Morgan fingerprint density at radius 1 is 1.30 bits per heavy atom. The number of imidazole rings is 1.